The van der Waals surface area contributed by atoms with Crippen LogP contribution in [0.1, 0.15) is 19.4 Å². The van der Waals surface area contributed by atoms with Crippen LogP contribution in [0.3, 0.4) is 0 Å². The minimum atomic E-state index is -0.553. The van der Waals surface area contributed by atoms with E-state index in [0.717, 1.165) is 25.2 Å². The number of benzene rings is 1. The van der Waals surface area contributed by atoms with Gasteiger partial charge in [-0.1, -0.05) is 23.7 Å². The molecule has 0 bridgehead atoms. The van der Waals surface area contributed by atoms with Crippen molar-refractivity contribution in [1.82, 2.24) is 10.6 Å². The van der Waals surface area contributed by atoms with E-state index in [-0.39, 0.29) is 18.3 Å². The summed E-state index contributed by atoms with van der Waals surface area (Å²) in [5, 5.41) is 6.88. The number of hydrogen-bond acceptors (Lipinski definition) is 2. The first-order valence-corrected chi connectivity index (χ1v) is 6.63. The second kappa shape index (κ2) is 6.60. The lowest BCUT2D eigenvalue weighted by atomic mass is 9.83. The van der Waals surface area contributed by atoms with Crippen LogP contribution in [0.15, 0.2) is 24.3 Å². The SMILES string of the molecule is CC(C)(C(=O)NCC1CNC1)c1cccc(Cl)c1.Cl. The number of nitrogens with one attached hydrogen (secondary N) is 2. The quantitative estimate of drug-likeness (QED) is 0.896. The lowest BCUT2D eigenvalue weighted by Crippen LogP contribution is -2.50. The molecule has 0 saturated carbocycles. The van der Waals surface area contributed by atoms with Crippen molar-refractivity contribution < 1.29 is 4.79 Å². The molecular formula is C14H20Cl2N2O. The van der Waals surface area contributed by atoms with Crippen molar-refractivity contribution in [1.29, 1.82) is 0 Å². The molecule has 1 saturated heterocycles. The molecule has 0 spiro atoms. The standard InChI is InChI=1S/C14H19ClN2O.ClH/c1-14(2,11-4-3-5-12(15)6-11)13(18)17-9-10-7-16-8-10;/h3-6,10,16H,7-9H2,1-2H3,(H,17,18);1H. The average molecular weight is 303 g/mol. The molecule has 0 unspecified atom stereocenters. The van der Waals surface area contributed by atoms with Gasteiger partial charge in [0, 0.05) is 30.6 Å². The first-order valence-electron chi connectivity index (χ1n) is 6.25. The first-order chi connectivity index (χ1) is 8.50. The summed E-state index contributed by atoms with van der Waals surface area (Å²) in [5.74, 6) is 0.626. The zero-order valence-electron chi connectivity index (χ0n) is 11.2. The molecule has 0 radical (unpaired) electrons. The van der Waals surface area contributed by atoms with Crippen LogP contribution in [-0.2, 0) is 10.2 Å². The lowest BCUT2D eigenvalue weighted by molar-refractivity contribution is -0.125. The van der Waals surface area contributed by atoms with E-state index in [0.29, 0.717) is 10.9 Å². The number of carbonyl (C=O) groups is 1. The topological polar surface area (TPSA) is 41.1 Å². The van der Waals surface area contributed by atoms with E-state index in [9.17, 15) is 4.79 Å². The second-order valence-corrected chi connectivity index (χ2v) is 5.81. The summed E-state index contributed by atoms with van der Waals surface area (Å²) in [6, 6.07) is 7.49. The average Bonchev–Trinajstić information content (AvgIpc) is 2.26. The molecule has 1 aromatic rings. The smallest absolute Gasteiger partial charge is 0.230 e. The van der Waals surface area contributed by atoms with E-state index in [2.05, 4.69) is 10.6 Å². The predicted molar refractivity (Wildman–Crippen MR) is 81.1 cm³/mol. The maximum atomic E-state index is 12.2. The number of carbonyl (C=O) groups excluding carboxylic acids is 1. The van der Waals surface area contributed by atoms with Crippen LogP contribution in [0.4, 0.5) is 0 Å². The molecule has 0 atom stereocenters. The molecule has 2 rings (SSSR count). The Bertz CT molecular complexity index is 445. The highest BCUT2D eigenvalue weighted by molar-refractivity contribution is 6.30. The summed E-state index contributed by atoms with van der Waals surface area (Å²) in [5.41, 5.74) is 0.390. The second-order valence-electron chi connectivity index (χ2n) is 5.37. The Labute approximate surface area is 125 Å². The van der Waals surface area contributed by atoms with Gasteiger partial charge in [0.2, 0.25) is 5.91 Å². The van der Waals surface area contributed by atoms with Gasteiger partial charge in [-0.05, 0) is 31.5 Å². The summed E-state index contributed by atoms with van der Waals surface area (Å²) < 4.78 is 0. The van der Waals surface area contributed by atoms with Crippen molar-refractivity contribution in [2.75, 3.05) is 19.6 Å². The van der Waals surface area contributed by atoms with Crippen LogP contribution in [0, 0.1) is 5.92 Å². The minimum Gasteiger partial charge on any atom is -0.355 e. The molecule has 1 aromatic carbocycles. The van der Waals surface area contributed by atoms with Gasteiger partial charge in [-0.2, -0.15) is 0 Å². The highest BCUT2D eigenvalue weighted by Gasteiger charge is 2.30. The molecule has 2 N–H and O–H groups in total. The summed E-state index contributed by atoms with van der Waals surface area (Å²) in [4.78, 5) is 12.2. The van der Waals surface area contributed by atoms with Gasteiger partial charge in [0.15, 0.2) is 0 Å². The zero-order chi connectivity index (χ0) is 13.2. The Kier molecular flexibility index (Phi) is 5.65. The van der Waals surface area contributed by atoms with E-state index in [1.165, 1.54) is 0 Å². The molecule has 1 heterocycles. The van der Waals surface area contributed by atoms with Gasteiger partial charge in [-0.15, -0.1) is 12.4 Å². The fourth-order valence-corrected chi connectivity index (χ4v) is 2.15. The zero-order valence-corrected chi connectivity index (χ0v) is 12.8. The fourth-order valence-electron chi connectivity index (χ4n) is 1.96. The van der Waals surface area contributed by atoms with Gasteiger partial charge < -0.3 is 10.6 Å². The molecule has 5 heteroatoms. The molecule has 0 aliphatic carbocycles. The normalized spacial score (nSPS) is 15.3. The van der Waals surface area contributed by atoms with Crippen LogP contribution < -0.4 is 10.6 Å². The molecule has 1 fully saturated rings. The van der Waals surface area contributed by atoms with Crippen molar-refractivity contribution in [3.05, 3.63) is 34.9 Å². The van der Waals surface area contributed by atoms with Crippen molar-refractivity contribution in [3.63, 3.8) is 0 Å². The van der Waals surface area contributed by atoms with E-state index in [1.54, 1.807) is 0 Å². The van der Waals surface area contributed by atoms with Crippen LogP contribution in [0.2, 0.25) is 5.02 Å². The Balaban J connectivity index is 0.00000180. The summed E-state index contributed by atoms with van der Waals surface area (Å²) in [6.45, 7) is 6.59. The molecule has 1 aliphatic rings. The summed E-state index contributed by atoms with van der Waals surface area (Å²) >= 11 is 5.97. The third-order valence-electron chi connectivity index (χ3n) is 3.53. The number of amides is 1. The van der Waals surface area contributed by atoms with E-state index in [1.807, 2.05) is 38.1 Å². The first kappa shape index (κ1) is 16.3. The summed E-state index contributed by atoms with van der Waals surface area (Å²) in [6.07, 6.45) is 0. The predicted octanol–water partition coefficient (Wildman–Crippen LogP) is 2.38. The van der Waals surface area contributed by atoms with Crippen molar-refractivity contribution in [3.8, 4) is 0 Å². The number of hydrogen-bond donors (Lipinski definition) is 2. The van der Waals surface area contributed by atoms with Crippen LogP contribution in [0.25, 0.3) is 0 Å². The van der Waals surface area contributed by atoms with Gasteiger partial charge in [0.25, 0.3) is 0 Å². The van der Waals surface area contributed by atoms with Crippen LogP contribution in [-0.4, -0.2) is 25.5 Å². The fraction of sp³-hybridized carbons (Fsp3) is 0.500. The Morgan fingerprint density at radius 3 is 2.68 bits per heavy atom. The number of rotatable bonds is 4. The third kappa shape index (κ3) is 3.85. The number of halogens is 2. The van der Waals surface area contributed by atoms with Crippen LogP contribution in [0.5, 0.6) is 0 Å². The molecule has 3 nitrogen and oxygen atoms in total. The molecule has 19 heavy (non-hydrogen) atoms. The van der Waals surface area contributed by atoms with Crippen molar-refractivity contribution in [2.45, 2.75) is 19.3 Å². The van der Waals surface area contributed by atoms with Crippen LogP contribution >= 0.6 is 24.0 Å². The highest BCUT2D eigenvalue weighted by Crippen LogP contribution is 2.25. The van der Waals surface area contributed by atoms with E-state index < -0.39 is 5.41 Å². The summed E-state index contributed by atoms with van der Waals surface area (Å²) in [7, 11) is 0. The Morgan fingerprint density at radius 1 is 1.47 bits per heavy atom. The Morgan fingerprint density at radius 2 is 2.16 bits per heavy atom. The van der Waals surface area contributed by atoms with Gasteiger partial charge in [0.05, 0.1) is 5.41 Å². The third-order valence-corrected chi connectivity index (χ3v) is 3.77. The largest absolute Gasteiger partial charge is 0.355 e. The van der Waals surface area contributed by atoms with E-state index in [4.69, 9.17) is 11.6 Å². The van der Waals surface area contributed by atoms with Crippen molar-refractivity contribution in [2.24, 2.45) is 5.92 Å². The maximum Gasteiger partial charge on any atom is 0.230 e. The molecule has 0 aromatic heterocycles. The van der Waals surface area contributed by atoms with Gasteiger partial charge in [-0.25, -0.2) is 0 Å². The highest BCUT2D eigenvalue weighted by atomic mass is 35.5. The molecule has 1 amide bonds. The van der Waals surface area contributed by atoms with Gasteiger partial charge >= 0.3 is 0 Å². The van der Waals surface area contributed by atoms with Gasteiger partial charge in [0.1, 0.15) is 0 Å². The Hall–Kier alpha value is -0.770. The molecular weight excluding hydrogens is 283 g/mol. The van der Waals surface area contributed by atoms with Crippen molar-refractivity contribution >= 4 is 29.9 Å². The lowest BCUT2D eigenvalue weighted by Gasteiger charge is -2.30. The van der Waals surface area contributed by atoms with E-state index >= 15 is 0 Å². The van der Waals surface area contributed by atoms with Gasteiger partial charge in [-0.3, -0.25) is 4.79 Å². The monoisotopic (exact) mass is 302 g/mol. The minimum absolute atomic E-state index is 0. The molecule has 1 aliphatic heterocycles. The molecule has 106 valence electrons. The maximum absolute atomic E-state index is 12.2.